The fraction of sp³-hybridized carbons (Fsp3) is 0.133. The minimum absolute atomic E-state index is 0.0714. The Morgan fingerprint density at radius 3 is 2.67 bits per heavy atom. The maximum absolute atomic E-state index is 12.0. The van der Waals surface area contributed by atoms with Gasteiger partial charge < -0.3 is 15.2 Å². The van der Waals surface area contributed by atoms with Crippen LogP contribution in [0.5, 0.6) is 11.5 Å². The third-order valence-corrected chi connectivity index (χ3v) is 3.21. The van der Waals surface area contributed by atoms with Gasteiger partial charge in [0.1, 0.15) is 11.5 Å². The van der Waals surface area contributed by atoms with Crippen LogP contribution in [-0.2, 0) is 4.79 Å². The second kappa shape index (κ2) is 6.70. The summed E-state index contributed by atoms with van der Waals surface area (Å²) in [4.78, 5) is 12.0. The van der Waals surface area contributed by atoms with Gasteiger partial charge in [0.05, 0.1) is 5.02 Å². The van der Waals surface area contributed by atoms with Gasteiger partial charge in [-0.3, -0.25) is 4.79 Å². The van der Waals surface area contributed by atoms with Gasteiger partial charge >= 0.3 is 0 Å². The molecule has 0 aliphatic rings. The minimum Gasteiger partial charge on any atom is -0.508 e. The molecule has 0 heterocycles. The number of benzene rings is 2. The first-order valence-electron chi connectivity index (χ1n) is 6.17. The third-order valence-electron chi connectivity index (χ3n) is 2.68. The predicted molar refractivity (Wildman–Crippen MR) is 83.3 cm³/mol. The van der Waals surface area contributed by atoms with E-state index in [-0.39, 0.29) is 11.7 Å². The van der Waals surface area contributed by atoms with Crippen molar-refractivity contribution < 1.29 is 14.6 Å². The Kier molecular flexibility index (Phi) is 4.94. The Bertz CT molecular complexity index is 661. The maximum Gasteiger partial charge on any atom is 0.265 e. The van der Waals surface area contributed by atoms with E-state index in [4.69, 9.17) is 27.9 Å². The Morgan fingerprint density at radius 2 is 2.00 bits per heavy atom. The SMILES string of the molecule is C[C@H](Oc1ccc(Cl)cc1Cl)C(=O)Nc1cccc(O)c1. The van der Waals surface area contributed by atoms with Crippen LogP contribution in [0.25, 0.3) is 0 Å². The Labute approximate surface area is 132 Å². The molecule has 0 spiro atoms. The Morgan fingerprint density at radius 1 is 1.24 bits per heavy atom. The van der Waals surface area contributed by atoms with Gasteiger partial charge in [0.25, 0.3) is 5.91 Å². The molecule has 110 valence electrons. The number of hydrogen-bond donors (Lipinski definition) is 2. The normalized spacial score (nSPS) is 11.8. The van der Waals surface area contributed by atoms with Gasteiger partial charge in [0.2, 0.25) is 0 Å². The lowest BCUT2D eigenvalue weighted by atomic mass is 10.2. The molecule has 0 radical (unpaired) electrons. The maximum atomic E-state index is 12.0. The monoisotopic (exact) mass is 325 g/mol. The van der Waals surface area contributed by atoms with E-state index in [0.717, 1.165) is 0 Å². The van der Waals surface area contributed by atoms with Gasteiger partial charge in [-0.25, -0.2) is 0 Å². The van der Waals surface area contributed by atoms with E-state index in [0.29, 0.717) is 21.5 Å². The van der Waals surface area contributed by atoms with Crippen molar-refractivity contribution in [1.82, 2.24) is 0 Å². The Hall–Kier alpha value is -1.91. The van der Waals surface area contributed by atoms with Crippen LogP contribution in [0.15, 0.2) is 42.5 Å². The van der Waals surface area contributed by atoms with Crippen molar-refractivity contribution in [3.8, 4) is 11.5 Å². The summed E-state index contributed by atoms with van der Waals surface area (Å²) in [6, 6.07) is 11.0. The number of carbonyl (C=O) groups excluding carboxylic acids is 1. The van der Waals surface area contributed by atoms with Crippen molar-refractivity contribution >= 4 is 34.8 Å². The number of aromatic hydroxyl groups is 1. The van der Waals surface area contributed by atoms with E-state index in [1.165, 1.54) is 18.2 Å². The van der Waals surface area contributed by atoms with Gasteiger partial charge in [-0.05, 0) is 37.3 Å². The fourth-order valence-electron chi connectivity index (χ4n) is 1.64. The van der Waals surface area contributed by atoms with Crippen LogP contribution in [0.4, 0.5) is 5.69 Å². The Balaban J connectivity index is 2.02. The molecule has 2 aromatic carbocycles. The smallest absolute Gasteiger partial charge is 0.265 e. The summed E-state index contributed by atoms with van der Waals surface area (Å²) >= 11 is 11.8. The van der Waals surface area contributed by atoms with Gasteiger partial charge in [-0.1, -0.05) is 29.3 Å². The molecule has 2 N–H and O–H groups in total. The molecule has 2 aromatic rings. The molecular formula is C15H13Cl2NO3. The molecule has 0 unspecified atom stereocenters. The lowest BCUT2D eigenvalue weighted by molar-refractivity contribution is -0.122. The van der Waals surface area contributed by atoms with E-state index in [1.807, 2.05) is 0 Å². The van der Waals surface area contributed by atoms with Crippen molar-refractivity contribution in [2.75, 3.05) is 5.32 Å². The number of hydrogen-bond acceptors (Lipinski definition) is 3. The molecule has 1 amide bonds. The lowest BCUT2D eigenvalue weighted by Gasteiger charge is -2.15. The summed E-state index contributed by atoms with van der Waals surface area (Å²) in [5.41, 5.74) is 0.484. The molecule has 0 saturated heterocycles. The van der Waals surface area contributed by atoms with Crippen LogP contribution in [-0.4, -0.2) is 17.1 Å². The van der Waals surface area contributed by atoms with Gasteiger partial charge in [-0.15, -0.1) is 0 Å². The van der Waals surface area contributed by atoms with Crippen LogP contribution in [0.1, 0.15) is 6.92 Å². The van der Waals surface area contributed by atoms with Crippen molar-refractivity contribution in [2.45, 2.75) is 13.0 Å². The second-order valence-corrected chi connectivity index (χ2v) is 5.22. The second-order valence-electron chi connectivity index (χ2n) is 4.37. The first kappa shape index (κ1) is 15.5. The van der Waals surface area contributed by atoms with Crippen LogP contribution >= 0.6 is 23.2 Å². The van der Waals surface area contributed by atoms with Gasteiger partial charge in [0, 0.05) is 16.8 Å². The van der Waals surface area contributed by atoms with E-state index in [9.17, 15) is 9.90 Å². The highest BCUT2D eigenvalue weighted by Crippen LogP contribution is 2.28. The standard InChI is InChI=1S/C15H13Cl2NO3/c1-9(21-14-6-5-10(16)7-13(14)17)15(20)18-11-3-2-4-12(19)8-11/h2-9,19H,1H3,(H,18,20)/t9-/m0/s1. The fourth-order valence-corrected chi connectivity index (χ4v) is 2.10. The highest BCUT2D eigenvalue weighted by atomic mass is 35.5. The summed E-state index contributed by atoms with van der Waals surface area (Å²) in [7, 11) is 0. The van der Waals surface area contributed by atoms with E-state index in [1.54, 1.807) is 31.2 Å². The topological polar surface area (TPSA) is 58.6 Å². The number of rotatable bonds is 4. The van der Waals surface area contributed by atoms with Crippen molar-refractivity contribution in [3.63, 3.8) is 0 Å². The molecular weight excluding hydrogens is 313 g/mol. The van der Waals surface area contributed by atoms with E-state index in [2.05, 4.69) is 5.32 Å². The summed E-state index contributed by atoms with van der Waals surface area (Å²) in [5.74, 6) is 0.0911. The minimum atomic E-state index is -0.758. The zero-order valence-electron chi connectivity index (χ0n) is 11.1. The zero-order chi connectivity index (χ0) is 15.4. The molecule has 21 heavy (non-hydrogen) atoms. The van der Waals surface area contributed by atoms with Crippen LogP contribution in [0.2, 0.25) is 10.0 Å². The summed E-state index contributed by atoms with van der Waals surface area (Å²) in [5, 5.41) is 12.8. The number of nitrogens with one attached hydrogen (secondary N) is 1. The van der Waals surface area contributed by atoms with Gasteiger partial charge in [0.15, 0.2) is 6.10 Å². The molecule has 0 aliphatic carbocycles. The molecule has 0 saturated carbocycles. The van der Waals surface area contributed by atoms with Gasteiger partial charge in [-0.2, -0.15) is 0 Å². The molecule has 6 heteroatoms. The summed E-state index contributed by atoms with van der Waals surface area (Å²) in [6.45, 7) is 1.60. The first-order chi connectivity index (χ1) is 9.95. The number of amides is 1. The molecule has 0 bridgehead atoms. The molecule has 2 rings (SSSR count). The highest BCUT2D eigenvalue weighted by Gasteiger charge is 2.16. The summed E-state index contributed by atoms with van der Waals surface area (Å²) in [6.07, 6.45) is -0.758. The van der Waals surface area contributed by atoms with Crippen molar-refractivity contribution in [1.29, 1.82) is 0 Å². The quantitative estimate of drug-likeness (QED) is 0.889. The number of carbonyl (C=O) groups is 1. The lowest BCUT2D eigenvalue weighted by Crippen LogP contribution is -2.30. The van der Waals surface area contributed by atoms with Crippen LogP contribution < -0.4 is 10.1 Å². The average molecular weight is 326 g/mol. The third kappa shape index (κ3) is 4.28. The number of ether oxygens (including phenoxy) is 1. The number of phenols is 1. The average Bonchev–Trinajstić information content (AvgIpc) is 2.41. The van der Waals surface area contributed by atoms with Crippen LogP contribution in [0.3, 0.4) is 0 Å². The molecule has 0 fully saturated rings. The zero-order valence-corrected chi connectivity index (χ0v) is 12.7. The predicted octanol–water partition coefficient (Wildman–Crippen LogP) is 4.11. The van der Waals surface area contributed by atoms with Crippen molar-refractivity contribution in [2.24, 2.45) is 0 Å². The van der Waals surface area contributed by atoms with Crippen LogP contribution in [0, 0.1) is 0 Å². The largest absolute Gasteiger partial charge is 0.508 e. The number of halogens is 2. The molecule has 4 nitrogen and oxygen atoms in total. The molecule has 0 aliphatic heterocycles. The van der Waals surface area contributed by atoms with Crippen molar-refractivity contribution in [3.05, 3.63) is 52.5 Å². The molecule has 0 aromatic heterocycles. The summed E-state index contributed by atoms with van der Waals surface area (Å²) < 4.78 is 5.50. The first-order valence-corrected chi connectivity index (χ1v) is 6.93. The number of phenolic OH excluding ortho intramolecular Hbond substituents is 1. The molecule has 1 atom stereocenters. The van der Waals surface area contributed by atoms with E-state index >= 15 is 0 Å². The number of anilines is 1. The highest BCUT2D eigenvalue weighted by molar-refractivity contribution is 6.35. The van der Waals surface area contributed by atoms with E-state index < -0.39 is 6.10 Å².